The largest absolute Gasteiger partial charge is 0.452 e. The van der Waals surface area contributed by atoms with Crippen LogP contribution in [0.4, 0.5) is 0 Å². The summed E-state index contributed by atoms with van der Waals surface area (Å²) < 4.78 is 6.53. The SMILES string of the molecule is C=CCNC(=O)COC(=O)/C=C/c1c(C)nn(Cc2ccccc2)c1Cl. The van der Waals surface area contributed by atoms with E-state index >= 15 is 0 Å². The molecule has 7 heteroatoms. The van der Waals surface area contributed by atoms with Crippen LogP contribution in [0.1, 0.15) is 16.8 Å². The highest BCUT2D eigenvalue weighted by Crippen LogP contribution is 2.22. The van der Waals surface area contributed by atoms with Gasteiger partial charge in [0.2, 0.25) is 0 Å². The number of nitrogens with one attached hydrogen (secondary N) is 1. The summed E-state index contributed by atoms with van der Waals surface area (Å²) in [7, 11) is 0. The topological polar surface area (TPSA) is 73.2 Å². The lowest BCUT2D eigenvalue weighted by atomic mass is 10.2. The van der Waals surface area contributed by atoms with Crippen molar-refractivity contribution in [3.63, 3.8) is 0 Å². The van der Waals surface area contributed by atoms with E-state index in [9.17, 15) is 9.59 Å². The van der Waals surface area contributed by atoms with Gasteiger partial charge < -0.3 is 10.1 Å². The van der Waals surface area contributed by atoms with Gasteiger partial charge in [0.05, 0.1) is 12.2 Å². The van der Waals surface area contributed by atoms with E-state index in [0.717, 1.165) is 5.56 Å². The summed E-state index contributed by atoms with van der Waals surface area (Å²) in [5.74, 6) is -1.03. The van der Waals surface area contributed by atoms with Crippen molar-refractivity contribution < 1.29 is 14.3 Å². The molecular weight excluding hydrogens is 354 g/mol. The number of nitrogens with zero attached hydrogens (tertiary/aromatic N) is 2. The van der Waals surface area contributed by atoms with Crippen molar-refractivity contribution in [3.05, 3.63) is 71.0 Å². The molecule has 0 saturated heterocycles. The van der Waals surface area contributed by atoms with Gasteiger partial charge in [0, 0.05) is 18.2 Å². The molecule has 1 aromatic carbocycles. The lowest BCUT2D eigenvalue weighted by Gasteiger charge is -2.03. The first-order valence-corrected chi connectivity index (χ1v) is 8.38. The summed E-state index contributed by atoms with van der Waals surface area (Å²) in [6.07, 6.45) is 4.30. The predicted octanol–water partition coefficient (Wildman–Crippen LogP) is 2.75. The zero-order chi connectivity index (χ0) is 18.9. The Bertz CT molecular complexity index is 813. The number of ether oxygens (including phenoxy) is 1. The minimum absolute atomic E-state index is 0.321. The predicted molar refractivity (Wildman–Crippen MR) is 101 cm³/mol. The van der Waals surface area contributed by atoms with E-state index in [-0.39, 0.29) is 6.61 Å². The number of carbonyl (C=O) groups excluding carboxylic acids is 2. The molecule has 0 spiro atoms. The van der Waals surface area contributed by atoms with Gasteiger partial charge in [0.25, 0.3) is 5.91 Å². The molecule has 0 atom stereocenters. The molecule has 2 rings (SSSR count). The fraction of sp³-hybridized carbons (Fsp3) is 0.211. The van der Waals surface area contributed by atoms with Gasteiger partial charge in [-0.15, -0.1) is 6.58 Å². The maximum atomic E-state index is 11.7. The van der Waals surface area contributed by atoms with Crippen molar-refractivity contribution in [2.75, 3.05) is 13.2 Å². The quantitative estimate of drug-likeness (QED) is 0.438. The minimum atomic E-state index is -0.634. The average Bonchev–Trinajstić information content (AvgIpc) is 2.90. The number of amides is 1. The number of aryl methyl sites for hydroxylation is 1. The van der Waals surface area contributed by atoms with Gasteiger partial charge in [-0.3, -0.25) is 4.79 Å². The van der Waals surface area contributed by atoms with Gasteiger partial charge in [0.1, 0.15) is 5.15 Å². The molecule has 0 unspecified atom stereocenters. The van der Waals surface area contributed by atoms with Gasteiger partial charge in [-0.25, -0.2) is 9.48 Å². The Kier molecular flexibility index (Phi) is 7.17. The molecule has 26 heavy (non-hydrogen) atoms. The van der Waals surface area contributed by atoms with Crippen LogP contribution in [0.25, 0.3) is 6.08 Å². The number of hydrogen-bond donors (Lipinski definition) is 1. The second kappa shape index (κ2) is 9.58. The van der Waals surface area contributed by atoms with Gasteiger partial charge in [-0.2, -0.15) is 5.10 Å². The van der Waals surface area contributed by atoms with Crippen molar-refractivity contribution in [2.45, 2.75) is 13.5 Å². The summed E-state index contributed by atoms with van der Waals surface area (Å²) in [5, 5.41) is 7.34. The molecule has 1 heterocycles. The summed E-state index contributed by atoms with van der Waals surface area (Å²) in [5.41, 5.74) is 2.40. The summed E-state index contributed by atoms with van der Waals surface area (Å²) in [6.45, 7) is 5.79. The highest BCUT2D eigenvalue weighted by molar-refractivity contribution is 6.31. The van der Waals surface area contributed by atoms with E-state index in [1.165, 1.54) is 18.2 Å². The van der Waals surface area contributed by atoms with Crippen LogP contribution < -0.4 is 5.32 Å². The van der Waals surface area contributed by atoms with Crippen LogP contribution >= 0.6 is 11.6 Å². The fourth-order valence-corrected chi connectivity index (χ4v) is 2.49. The van der Waals surface area contributed by atoms with Crippen molar-refractivity contribution in [1.29, 1.82) is 0 Å². The standard InChI is InChI=1S/C19H20ClN3O3/c1-3-11-21-17(24)13-26-18(25)10-9-16-14(2)22-23(19(16)20)12-15-7-5-4-6-8-15/h3-10H,1,11-13H2,2H3,(H,21,24)/b10-9+. The van der Waals surface area contributed by atoms with Crippen LogP contribution in [-0.4, -0.2) is 34.8 Å². The Labute approximate surface area is 157 Å². The fourth-order valence-electron chi connectivity index (χ4n) is 2.19. The lowest BCUT2D eigenvalue weighted by Crippen LogP contribution is -2.28. The van der Waals surface area contributed by atoms with E-state index in [1.807, 2.05) is 30.3 Å². The molecule has 1 N–H and O–H groups in total. The molecule has 0 bridgehead atoms. The number of halogens is 1. The van der Waals surface area contributed by atoms with Gasteiger partial charge in [0.15, 0.2) is 6.61 Å². The van der Waals surface area contributed by atoms with Crippen molar-refractivity contribution in [2.24, 2.45) is 0 Å². The highest BCUT2D eigenvalue weighted by Gasteiger charge is 2.12. The number of benzene rings is 1. The monoisotopic (exact) mass is 373 g/mol. The molecule has 1 amide bonds. The maximum Gasteiger partial charge on any atom is 0.331 e. The normalized spacial score (nSPS) is 10.7. The zero-order valence-electron chi connectivity index (χ0n) is 14.4. The second-order valence-corrected chi connectivity index (χ2v) is 5.82. The van der Waals surface area contributed by atoms with Crippen LogP contribution in [0.15, 0.2) is 49.1 Å². The Balaban J connectivity index is 1.98. The van der Waals surface area contributed by atoms with E-state index in [0.29, 0.717) is 29.5 Å². The Morgan fingerprint density at radius 1 is 1.35 bits per heavy atom. The molecule has 6 nitrogen and oxygen atoms in total. The lowest BCUT2D eigenvalue weighted by molar-refractivity contribution is -0.143. The first kappa shape index (κ1) is 19.5. The number of hydrogen-bond acceptors (Lipinski definition) is 4. The Hall–Kier alpha value is -2.86. The third-order valence-corrected chi connectivity index (χ3v) is 3.86. The first-order valence-electron chi connectivity index (χ1n) is 8.00. The van der Waals surface area contributed by atoms with Gasteiger partial charge in [-0.1, -0.05) is 48.0 Å². The minimum Gasteiger partial charge on any atom is -0.452 e. The second-order valence-electron chi connectivity index (χ2n) is 5.47. The molecule has 1 aromatic heterocycles. The van der Waals surface area contributed by atoms with Crippen molar-refractivity contribution in [1.82, 2.24) is 15.1 Å². The van der Waals surface area contributed by atoms with Crippen LogP contribution in [-0.2, 0) is 20.9 Å². The van der Waals surface area contributed by atoms with Crippen molar-refractivity contribution >= 4 is 29.6 Å². The third-order valence-electron chi connectivity index (χ3n) is 3.46. The van der Waals surface area contributed by atoms with E-state index in [4.69, 9.17) is 16.3 Å². The molecule has 0 aliphatic rings. The molecule has 0 radical (unpaired) electrons. The van der Waals surface area contributed by atoms with Crippen molar-refractivity contribution in [3.8, 4) is 0 Å². The number of rotatable bonds is 8. The van der Waals surface area contributed by atoms with Crippen LogP contribution in [0.5, 0.6) is 0 Å². The molecular formula is C19H20ClN3O3. The van der Waals surface area contributed by atoms with Gasteiger partial charge >= 0.3 is 5.97 Å². The zero-order valence-corrected chi connectivity index (χ0v) is 15.2. The van der Waals surface area contributed by atoms with Crippen LogP contribution in [0.2, 0.25) is 5.15 Å². The smallest absolute Gasteiger partial charge is 0.331 e. The van der Waals surface area contributed by atoms with E-state index < -0.39 is 11.9 Å². The van der Waals surface area contributed by atoms with Crippen LogP contribution in [0, 0.1) is 6.92 Å². The molecule has 0 saturated carbocycles. The molecule has 0 fully saturated rings. The number of carbonyl (C=O) groups is 2. The summed E-state index contributed by atoms with van der Waals surface area (Å²) >= 11 is 6.37. The van der Waals surface area contributed by atoms with E-state index in [1.54, 1.807) is 11.6 Å². The summed E-state index contributed by atoms with van der Waals surface area (Å²) in [4.78, 5) is 23.1. The van der Waals surface area contributed by atoms with E-state index in [2.05, 4.69) is 17.0 Å². The Morgan fingerprint density at radius 3 is 2.77 bits per heavy atom. The van der Waals surface area contributed by atoms with Crippen LogP contribution in [0.3, 0.4) is 0 Å². The molecule has 136 valence electrons. The molecule has 2 aromatic rings. The Morgan fingerprint density at radius 2 is 2.08 bits per heavy atom. The maximum absolute atomic E-state index is 11.7. The highest BCUT2D eigenvalue weighted by atomic mass is 35.5. The third kappa shape index (κ3) is 5.60. The molecule has 0 aliphatic carbocycles. The average molecular weight is 374 g/mol. The first-order chi connectivity index (χ1) is 12.5. The summed E-state index contributed by atoms with van der Waals surface area (Å²) in [6, 6.07) is 9.80. The molecule has 0 aliphatic heterocycles. The number of aromatic nitrogens is 2. The number of esters is 1. The van der Waals surface area contributed by atoms with Gasteiger partial charge in [-0.05, 0) is 18.6 Å².